The van der Waals surface area contributed by atoms with E-state index in [9.17, 15) is 8.42 Å². The van der Waals surface area contributed by atoms with Gasteiger partial charge in [0, 0.05) is 24.5 Å². The second-order valence-corrected chi connectivity index (χ2v) is 7.47. The first-order valence-electron chi connectivity index (χ1n) is 7.91. The fourth-order valence-corrected chi connectivity index (χ4v) is 3.93. The van der Waals surface area contributed by atoms with Gasteiger partial charge in [-0.15, -0.1) is 0 Å². The third-order valence-electron chi connectivity index (χ3n) is 3.63. The maximum atomic E-state index is 12.8. The molecule has 2 aromatic heterocycles. The molecule has 0 radical (unpaired) electrons. The van der Waals surface area contributed by atoms with Crippen LogP contribution in [0.4, 0.5) is 0 Å². The molecule has 0 spiro atoms. The number of hydrogen-bond acceptors (Lipinski definition) is 4. The molecule has 2 aromatic rings. The average molecular weight is 336 g/mol. The van der Waals surface area contributed by atoms with E-state index < -0.39 is 10.0 Å². The molecule has 23 heavy (non-hydrogen) atoms. The van der Waals surface area contributed by atoms with Gasteiger partial charge in [0.2, 0.25) is 0 Å². The summed E-state index contributed by atoms with van der Waals surface area (Å²) in [5.74, 6) is 0. The fourth-order valence-electron chi connectivity index (χ4n) is 2.43. The van der Waals surface area contributed by atoms with Crippen LogP contribution in [0.1, 0.15) is 57.7 Å². The van der Waals surface area contributed by atoms with Crippen molar-refractivity contribution >= 4 is 10.0 Å². The van der Waals surface area contributed by atoms with Crippen LogP contribution in [0.3, 0.4) is 0 Å². The van der Waals surface area contributed by atoms with Crippen molar-refractivity contribution < 1.29 is 8.42 Å². The summed E-state index contributed by atoms with van der Waals surface area (Å²) >= 11 is 0. The lowest BCUT2D eigenvalue weighted by atomic mass is 10.0. The van der Waals surface area contributed by atoms with Crippen LogP contribution < -0.4 is 4.72 Å². The Morgan fingerprint density at radius 2 is 2.04 bits per heavy atom. The van der Waals surface area contributed by atoms with E-state index in [1.807, 2.05) is 26.0 Å². The molecule has 0 aliphatic rings. The highest BCUT2D eigenvalue weighted by molar-refractivity contribution is 7.89. The summed E-state index contributed by atoms with van der Waals surface area (Å²) < 4.78 is 29.9. The number of unbranched alkanes of at least 4 members (excludes halogenated alkanes) is 1. The standard InChI is InChI=1S/C16H24N4O2S/c1-4-5-8-15(14-7-6-10-17-12-14)19-23(21,22)16-9-11-18-20(16)13(2)3/h6-7,9-13,15,19H,4-5,8H2,1-3H3/t15-/m1/s1. The molecule has 1 N–H and O–H groups in total. The van der Waals surface area contributed by atoms with Crippen LogP contribution >= 0.6 is 0 Å². The number of nitrogens with one attached hydrogen (secondary N) is 1. The molecule has 126 valence electrons. The summed E-state index contributed by atoms with van der Waals surface area (Å²) in [4.78, 5) is 4.10. The molecule has 2 rings (SSSR count). The molecule has 0 fully saturated rings. The fraction of sp³-hybridized carbons (Fsp3) is 0.500. The van der Waals surface area contributed by atoms with Gasteiger partial charge in [-0.1, -0.05) is 25.8 Å². The van der Waals surface area contributed by atoms with Gasteiger partial charge in [0.25, 0.3) is 10.0 Å². The van der Waals surface area contributed by atoms with E-state index in [0.29, 0.717) is 0 Å². The van der Waals surface area contributed by atoms with E-state index in [0.717, 1.165) is 24.8 Å². The van der Waals surface area contributed by atoms with Crippen molar-refractivity contribution in [1.29, 1.82) is 0 Å². The number of rotatable bonds is 8. The Morgan fingerprint density at radius 1 is 1.26 bits per heavy atom. The quantitative estimate of drug-likeness (QED) is 0.803. The molecular weight excluding hydrogens is 312 g/mol. The molecule has 6 nitrogen and oxygen atoms in total. The van der Waals surface area contributed by atoms with E-state index >= 15 is 0 Å². The maximum Gasteiger partial charge on any atom is 0.258 e. The molecular formula is C16H24N4O2S. The highest BCUT2D eigenvalue weighted by Crippen LogP contribution is 2.22. The van der Waals surface area contributed by atoms with E-state index in [1.54, 1.807) is 12.4 Å². The lowest BCUT2D eigenvalue weighted by Gasteiger charge is -2.20. The summed E-state index contributed by atoms with van der Waals surface area (Å²) in [5, 5.41) is 4.30. The highest BCUT2D eigenvalue weighted by atomic mass is 32.2. The normalized spacial score (nSPS) is 13.4. The Labute approximate surface area is 138 Å². The number of pyridine rings is 1. The summed E-state index contributed by atoms with van der Waals surface area (Å²) in [7, 11) is -3.65. The number of hydrogen-bond donors (Lipinski definition) is 1. The number of aromatic nitrogens is 3. The van der Waals surface area contributed by atoms with Crippen LogP contribution in [0.25, 0.3) is 0 Å². The molecule has 7 heteroatoms. The molecule has 2 heterocycles. The summed E-state index contributed by atoms with van der Waals surface area (Å²) in [6, 6.07) is 4.94. The zero-order chi connectivity index (χ0) is 16.9. The van der Waals surface area contributed by atoms with Crippen molar-refractivity contribution in [2.24, 2.45) is 0 Å². The van der Waals surface area contributed by atoms with Crippen molar-refractivity contribution in [3.8, 4) is 0 Å². The molecule has 0 amide bonds. The Bertz CT molecular complexity index is 711. The average Bonchev–Trinajstić information content (AvgIpc) is 3.03. The van der Waals surface area contributed by atoms with E-state index in [1.165, 1.54) is 16.9 Å². The summed E-state index contributed by atoms with van der Waals surface area (Å²) in [6.07, 6.45) is 7.58. The lowest BCUT2D eigenvalue weighted by Crippen LogP contribution is -2.31. The van der Waals surface area contributed by atoms with Gasteiger partial charge >= 0.3 is 0 Å². The minimum atomic E-state index is -3.65. The molecule has 0 unspecified atom stereocenters. The Hall–Kier alpha value is -1.73. The second kappa shape index (κ2) is 7.70. The van der Waals surface area contributed by atoms with Crippen LogP contribution in [0.15, 0.2) is 41.8 Å². The van der Waals surface area contributed by atoms with Crippen molar-refractivity contribution in [2.45, 2.75) is 57.1 Å². The van der Waals surface area contributed by atoms with Gasteiger partial charge in [-0.25, -0.2) is 13.1 Å². The minimum Gasteiger partial charge on any atom is -0.264 e. The molecule has 0 aliphatic carbocycles. The van der Waals surface area contributed by atoms with Crippen LogP contribution in [0, 0.1) is 0 Å². The largest absolute Gasteiger partial charge is 0.264 e. The number of nitrogens with zero attached hydrogens (tertiary/aromatic N) is 3. The van der Waals surface area contributed by atoms with E-state index in [-0.39, 0.29) is 17.1 Å². The maximum absolute atomic E-state index is 12.8. The van der Waals surface area contributed by atoms with Crippen molar-refractivity contribution in [1.82, 2.24) is 19.5 Å². The van der Waals surface area contributed by atoms with Gasteiger partial charge in [0.15, 0.2) is 5.03 Å². The van der Waals surface area contributed by atoms with Gasteiger partial charge in [0.05, 0.1) is 6.20 Å². The van der Waals surface area contributed by atoms with Crippen LogP contribution in [0.2, 0.25) is 0 Å². The molecule has 0 bridgehead atoms. The predicted octanol–water partition coefficient (Wildman–Crippen LogP) is 3.07. The van der Waals surface area contributed by atoms with Crippen molar-refractivity contribution in [2.75, 3.05) is 0 Å². The summed E-state index contributed by atoms with van der Waals surface area (Å²) in [5.41, 5.74) is 0.875. The monoisotopic (exact) mass is 336 g/mol. The predicted molar refractivity (Wildman–Crippen MR) is 89.4 cm³/mol. The summed E-state index contributed by atoms with van der Waals surface area (Å²) in [6.45, 7) is 5.89. The SMILES string of the molecule is CCCC[C@@H](NS(=O)(=O)c1ccnn1C(C)C)c1cccnc1. The van der Waals surface area contributed by atoms with E-state index in [2.05, 4.69) is 21.7 Å². The molecule has 1 atom stereocenters. The second-order valence-electron chi connectivity index (χ2n) is 5.81. The Kier molecular flexibility index (Phi) is 5.90. The molecule has 0 aromatic carbocycles. The first-order chi connectivity index (χ1) is 11.0. The third kappa shape index (κ3) is 4.39. The first-order valence-corrected chi connectivity index (χ1v) is 9.39. The lowest BCUT2D eigenvalue weighted by molar-refractivity contribution is 0.467. The number of sulfonamides is 1. The van der Waals surface area contributed by atoms with Gasteiger partial charge in [0.1, 0.15) is 0 Å². The van der Waals surface area contributed by atoms with Crippen LogP contribution in [-0.2, 0) is 10.0 Å². The zero-order valence-electron chi connectivity index (χ0n) is 13.8. The molecule has 0 saturated carbocycles. The van der Waals surface area contributed by atoms with Crippen molar-refractivity contribution in [3.05, 3.63) is 42.4 Å². The minimum absolute atomic E-state index is 0.0240. The first kappa shape index (κ1) is 17.6. The van der Waals surface area contributed by atoms with E-state index in [4.69, 9.17) is 0 Å². The highest BCUT2D eigenvalue weighted by Gasteiger charge is 2.25. The van der Waals surface area contributed by atoms with Crippen molar-refractivity contribution in [3.63, 3.8) is 0 Å². The Morgan fingerprint density at radius 3 is 2.65 bits per heavy atom. The van der Waals surface area contributed by atoms with Crippen LogP contribution in [0.5, 0.6) is 0 Å². The van der Waals surface area contributed by atoms with Gasteiger partial charge in [-0.05, 0) is 38.0 Å². The third-order valence-corrected chi connectivity index (χ3v) is 5.10. The van der Waals surface area contributed by atoms with Gasteiger partial charge in [-0.2, -0.15) is 5.10 Å². The molecule has 0 aliphatic heterocycles. The zero-order valence-corrected chi connectivity index (χ0v) is 14.6. The molecule has 0 saturated heterocycles. The smallest absolute Gasteiger partial charge is 0.258 e. The Balaban J connectivity index is 2.29. The van der Waals surface area contributed by atoms with Crippen LogP contribution in [-0.4, -0.2) is 23.2 Å². The van der Waals surface area contributed by atoms with Gasteiger partial charge in [-0.3, -0.25) is 9.67 Å². The topological polar surface area (TPSA) is 76.9 Å². The van der Waals surface area contributed by atoms with Gasteiger partial charge < -0.3 is 0 Å².